The van der Waals surface area contributed by atoms with E-state index in [0.29, 0.717) is 12.1 Å². The molecule has 2 rings (SSSR count). The van der Waals surface area contributed by atoms with E-state index in [4.69, 9.17) is 0 Å². The number of hydrogen-bond acceptors (Lipinski definition) is 4. The van der Waals surface area contributed by atoms with Crippen LogP contribution in [0.3, 0.4) is 0 Å². The van der Waals surface area contributed by atoms with Crippen molar-refractivity contribution in [2.24, 2.45) is 0 Å². The zero-order valence-corrected chi connectivity index (χ0v) is 12.8. The minimum absolute atomic E-state index is 0.0692. The van der Waals surface area contributed by atoms with Gasteiger partial charge in [-0.3, -0.25) is 4.79 Å². The molecule has 0 saturated heterocycles. The molecule has 4 nitrogen and oxygen atoms in total. The number of thiophene rings is 1. The zero-order chi connectivity index (χ0) is 14.5. The lowest BCUT2D eigenvalue weighted by atomic mass is 10.2. The monoisotopic (exact) mass is 289 g/mol. The predicted molar refractivity (Wildman–Crippen MR) is 83.4 cm³/mol. The van der Waals surface area contributed by atoms with Crippen LogP contribution in [0.5, 0.6) is 0 Å². The van der Waals surface area contributed by atoms with E-state index in [9.17, 15) is 4.79 Å². The van der Waals surface area contributed by atoms with Crippen molar-refractivity contribution in [3.05, 3.63) is 45.3 Å². The Kier molecular flexibility index (Phi) is 4.74. The van der Waals surface area contributed by atoms with Gasteiger partial charge in [-0.1, -0.05) is 0 Å². The molecule has 0 unspecified atom stereocenters. The van der Waals surface area contributed by atoms with Crippen LogP contribution >= 0.6 is 11.3 Å². The second kappa shape index (κ2) is 6.52. The molecular weight excluding hydrogens is 270 g/mol. The van der Waals surface area contributed by atoms with Gasteiger partial charge in [-0.05, 0) is 54.8 Å². The van der Waals surface area contributed by atoms with Crippen LogP contribution in [0.4, 0.5) is 5.82 Å². The molecular formula is C15H19N3OS. The molecule has 0 aliphatic heterocycles. The highest BCUT2D eigenvalue weighted by atomic mass is 32.1. The molecule has 0 saturated carbocycles. The lowest BCUT2D eigenvalue weighted by molar-refractivity contribution is 0.0950. The number of carbonyl (C=O) groups excluding carboxylic acids is 1. The Morgan fingerprint density at radius 1 is 1.30 bits per heavy atom. The Hall–Kier alpha value is -1.88. The van der Waals surface area contributed by atoms with Gasteiger partial charge < -0.3 is 10.6 Å². The van der Waals surface area contributed by atoms with Gasteiger partial charge in [0, 0.05) is 24.3 Å². The van der Waals surface area contributed by atoms with Gasteiger partial charge in [0.25, 0.3) is 5.91 Å². The third kappa shape index (κ3) is 3.57. The summed E-state index contributed by atoms with van der Waals surface area (Å²) < 4.78 is 0. The maximum Gasteiger partial charge on any atom is 0.251 e. The van der Waals surface area contributed by atoms with Crippen LogP contribution < -0.4 is 10.6 Å². The van der Waals surface area contributed by atoms with E-state index in [1.807, 2.05) is 13.8 Å². The summed E-state index contributed by atoms with van der Waals surface area (Å²) in [5.41, 5.74) is 3.86. The molecule has 2 N–H and O–H groups in total. The summed E-state index contributed by atoms with van der Waals surface area (Å²) in [6.45, 7) is 7.29. The van der Waals surface area contributed by atoms with Gasteiger partial charge in [0.2, 0.25) is 0 Å². The SMILES string of the molecule is CCNc1cc(C(=O)NCc2cscc2C)cc(C)n1. The summed E-state index contributed by atoms with van der Waals surface area (Å²) in [7, 11) is 0. The summed E-state index contributed by atoms with van der Waals surface area (Å²) in [6.07, 6.45) is 0. The first kappa shape index (κ1) is 14.5. The average Bonchev–Trinajstić information content (AvgIpc) is 2.81. The van der Waals surface area contributed by atoms with Crippen LogP contribution in [0.25, 0.3) is 0 Å². The minimum Gasteiger partial charge on any atom is -0.370 e. The third-order valence-electron chi connectivity index (χ3n) is 2.97. The normalized spacial score (nSPS) is 10.3. The number of amides is 1. The molecule has 2 heterocycles. The highest BCUT2D eigenvalue weighted by Gasteiger charge is 2.09. The van der Waals surface area contributed by atoms with Gasteiger partial charge >= 0.3 is 0 Å². The van der Waals surface area contributed by atoms with Crippen LogP contribution in [-0.2, 0) is 6.54 Å². The predicted octanol–water partition coefficient (Wildman–Crippen LogP) is 3.12. The summed E-state index contributed by atoms with van der Waals surface area (Å²) in [6, 6.07) is 3.59. The molecule has 2 aromatic rings. The number of nitrogens with one attached hydrogen (secondary N) is 2. The Morgan fingerprint density at radius 3 is 2.75 bits per heavy atom. The Morgan fingerprint density at radius 2 is 2.10 bits per heavy atom. The fraction of sp³-hybridized carbons (Fsp3) is 0.333. The Labute approximate surface area is 123 Å². The van der Waals surface area contributed by atoms with E-state index in [1.165, 1.54) is 11.1 Å². The first-order chi connectivity index (χ1) is 9.60. The quantitative estimate of drug-likeness (QED) is 0.889. The molecule has 0 fully saturated rings. The number of pyridine rings is 1. The van der Waals surface area contributed by atoms with E-state index in [1.54, 1.807) is 23.5 Å². The smallest absolute Gasteiger partial charge is 0.251 e. The van der Waals surface area contributed by atoms with Crippen molar-refractivity contribution in [3.63, 3.8) is 0 Å². The largest absolute Gasteiger partial charge is 0.370 e. The van der Waals surface area contributed by atoms with E-state index in [2.05, 4.69) is 33.3 Å². The molecule has 0 aliphatic rings. The highest BCUT2D eigenvalue weighted by molar-refractivity contribution is 7.08. The number of rotatable bonds is 5. The lowest BCUT2D eigenvalue weighted by Gasteiger charge is -2.08. The lowest BCUT2D eigenvalue weighted by Crippen LogP contribution is -2.23. The van der Waals surface area contributed by atoms with Gasteiger partial charge in [-0.15, -0.1) is 0 Å². The maximum atomic E-state index is 12.2. The van der Waals surface area contributed by atoms with Gasteiger partial charge in [-0.25, -0.2) is 4.98 Å². The zero-order valence-electron chi connectivity index (χ0n) is 12.0. The first-order valence-electron chi connectivity index (χ1n) is 6.62. The second-order valence-electron chi connectivity index (χ2n) is 4.68. The van der Waals surface area contributed by atoms with E-state index < -0.39 is 0 Å². The van der Waals surface area contributed by atoms with Crippen LogP contribution in [0, 0.1) is 13.8 Å². The first-order valence-corrected chi connectivity index (χ1v) is 7.57. The number of carbonyl (C=O) groups is 1. The summed E-state index contributed by atoms with van der Waals surface area (Å²) in [4.78, 5) is 16.5. The number of nitrogens with zero attached hydrogens (tertiary/aromatic N) is 1. The van der Waals surface area contributed by atoms with Gasteiger partial charge in [0.05, 0.1) is 0 Å². The van der Waals surface area contributed by atoms with Crippen molar-refractivity contribution >= 4 is 23.1 Å². The van der Waals surface area contributed by atoms with Gasteiger partial charge in [-0.2, -0.15) is 11.3 Å². The molecule has 0 aliphatic carbocycles. The molecule has 0 spiro atoms. The van der Waals surface area contributed by atoms with Crippen molar-refractivity contribution < 1.29 is 4.79 Å². The van der Waals surface area contributed by atoms with Crippen molar-refractivity contribution in [3.8, 4) is 0 Å². The van der Waals surface area contributed by atoms with Crippen LogP contribution in [-0.4, -0.2) is 17.4 Å². The molecule has 0 radical (unpaired) electrons. The van der Waals surface area contributed by atoms with Crippen LogP contribution in [0.2, 0.25) is 0 Å². The van der Waals surface area contributed by atoms with Crippen molar-refractivity contribution in [1.29, 1.82) is 0 Å². The number of hydrogen-bond donors (Lipinski definition) is 2. The van der Waals surface area contributed by atoms with Crippen molar-refractivity contribution in [2.75, 3.05) is 11.9 Å². The molecule has 0 bridgehead atoms. The van der Waals surface area contributed by atoms with Crippen LogP contribution in [0.1, 0.15) is 34.1 Å². The highest BCUT2D eigenvalue weighted by Crippen LogP contribution is 2.14. The standard InChI is InChI=1S/C15H19N3OS/c1-4-16-14-6-12(5-11(3)18-14)15(19)17-7-13-9-20-8-10(13)2/h5-6,8-9H,4,7H2,1-3H3,(H,16,18)(H,17,19). The summed E-state index contributed by atoms with van der Waals surface area (Å²) >= 11 is 1.65. The number of aryl methyl sites for hydroxylation is 2. The van der Waals surface area contributed by atoms with Crippen molar-refractivity contribution in [1.82, 2.24) is 10.3 Å². The van der Waals surface area contributed by atoms with E-state index in [-0.39, 0.29) is 5.91 Å². The molecule has 106 valence electrons. The molecule has 1 amide bonds. The molecule has 0 aromatic carbocycles. The summed E-state index contributed by atoms with van der Waals surface area (Å²) in [5, 5.41) is 10.2. The average molecular weight is 289 g/mol. The molecule has 5 heteroatoms. The van der Waals surface area contributed by atoms with E-state index in [0.717, 1.165) is 18.1 Å². The van der Waals surface area contributed by atoms with Crippen molar-refractivity contribution in [2.45, 2.75) is 27.3 Å². The maximum absolute atomic E-state index is 12.2. The number of aromatic nitrogens is 1. The molecule has 20 heavy (non-hydrogen) atoms. The number of anilines is 1. The fourth-order valence-corrected chi connectivity index (χ4v) is 2.77. The molecule has 2 aromatic heterocycles. The third-order valence-corrected chi connectivity index (χ3v) is 3.88. The topological polar surface area (TPSA) is 54.0 Å². The fourth-order valence-electron chi connectivity index (χ4n) is 1.92. The van der Waals surface area contributed by atoms with Gasteiger partial charge in [0.15, 0.2) is 0 Å². The second-order valence-corrected chi connectivity index (χ2v) is 5.42. The summed E-state index contributed by atoms with van der Waals surface area (Å²) in [5.74, 6) is 0.671. The van der Waals surface area contributed by atoms with E-state index >= 15 is 0 Å². The Balaban J connectivity index is 2.07. The van der Waals surface area contributed by atoms with Crippen LogP contribution in [0.15, 0.2) is 22.9 Å². The Bertz CT molecular complexity index is 607. The minimum atomic E-state index is -0.0692. The van der Waals surface area contributed by atoms with Gasteiger partial charge in [0.1, 0.15) is 5.82 Å². The molecule has 0 atom stereocenters.